The maximum absolute atomic E-state index is 12.8. The molecule has 1 unspecified atom stereocenters. The lowest BCUT2D eigenvalue weighted by atomic mass is 9.77. The number of ether oxygens (including phenoxy) is 2. The van der Waals surface area contributed by atoms with Crippen molar-refractivity contribution in [2.75, 3.05) is 48.4 Å². The number of nitrogens with one attached hydrogen (secondary N) is 2. The second-order valence-electron chi connectivity index (χ2n) is 11.6. The first-order valence-electron chi connectivity index (χ1n) is 15.4. The molecule has 3 atom stereocenters. The number of benzene rings is 1. The van der Waals surface area contributed by atoms with Crippen LogP contribution in [0.2, 0.25) is 0 Å². The predicted octanol–water partition coefficient (Wildman–Crippen LogP) is 4.32. The number of hydrogen-bond acceptors (Lipinski definition) is 13. The lowest BCUT2D eigenvalue weighted by Gasteiger charge is -2.36. The Morgan fingerprint density at radius 2 is 1.48 bits per heavy atom. The minimum Gasteiger partial charge on any atom is -0.447 e. The lowest BCUT2D eigenvalue weighted by molar-refractivity contribution is -0.117. The molecule has 2 saturated heterocycles. The zero-order valence-electron chi connectivity index (χ0n) is 26.1. The number of allylic oxidation sites excluding steroid dienone is 3. The van der Waals surface area contributed by atoms with E-state index in [1.807, 2.05) is 42.5 Å². The molecule has 2 N–H and O–H groups in total. The molecule has 1 aliphatic carbocycles. The zero-order valence-corrected chi connectivity index (χ0v) is 28.5. The van der Waals surface area contributed by atoms with Crippen LogP contribution in [0, 0.1) is 5.41 Å². The normalized spacial score (nSPS) is 21.8. The van der Waals surface area contributed by atoms with Gasteiger partial charge in [-0.1, -0.05) is 84.2 Å². The molecule has 0 radical (unpaired) electrons. The quantitative estimate of drug-likeness (QED) is 0.229. The van der Waals surface area contributed by atoms with Gasteiger partial charge in [0.25, 0.3) is 0 Å². The van der Waals surface area contributed by atoms with E-state index in [0.717, 1.165) is 33.5 Å². The van der Waals surface area contributed by atoms with E-state index in [1.54, 1.807) is 11.8 Å². The molecule has 2 aromatic heterocycles. The molecule has 0 spiro atoms. The van der Waals surface area contributed by atoms with Gasteiger partial charge in [0.05, 0.1) is 12.1 Å². The smallest absolute Gasteiger partial charge is 0.410 e. The van der Waals surface area contributed by atoms with Gasteiger partial charge in [0, 0.05) is 18.3 Å². The van der Waals surface area contributed by atoms with Gasteiger partial charge in [-0.05, 0) is 23.5 Å². The monoisotopic (exact) mass is 710 g/mol. The van der Waals surface area contributed by atoms with E-state index in [9.17, 15) is 19.2 Å². The van der Waals surface area contributed by atoms with Gasteiger partial charge in [-0.2, -0.15) is 11.8 Å². The van der Waals surface area contributed by atoms with Gasteiger partial charge in [0.2, 0.25) is 22.1 Å². The van der Waals surface area contributed by atoms with Crippen LogP contribution in [-0.4, -0.2) is 98.0 Å². The van der Waals surface area contributed by atoms with Crippen LogP contribution in [0.1, 0.15) is 35.0 Å². The molecule has 3 aromatic rings. The Morgan fingerprint density at radius 3 is 2.10 bits per heavy atom. The summed E-state index contributed by atoms with van der Waals surface area (Å²) in [6.45, 7) is 2.22. The number of thioether (sulfide) groups is 1. The number of anilines is 2. The number of aromatic nitrogens is 4. The number of aryl methyl sites for hydroxylation is 2. The number of amides is 4. The minimum atomic E-state index is -0.525. The Labute approximate surface area is 289 Å². The van der Waals surface area contributed by atoms with E-state index in [1.165, 1.54) is 32.5 Å². The maximum Gasteiger partial charge on any atom is 0.410 e. The highest BCUT2D eigenvalue weighted by Crippen LogP contribution is 2.37. The number of rotatable bonds is 14. The first kappa shape index (κ1) is 33.5. The van der Waals surface area contributed by atoms with Crippen LogP contribution in [-0.2, 0) is 31.9 Å². The summed E-state index contributed by atoms with van der Waals surface area (Å²) in [6.07, 6.45) is 9.14. The van der Waals surface area contributed by atoms with Crippen LogP contribution in [0.15, 0.2) is 54.6 Å². The average molecular weight is 711 g/mol. The van der Waals surface area contributed by atoms with Crippen molar-refractivity contribution in [3.05, 3.63) is 70.2 Å². The summed E-state index contributed by atoms with van der Waals surface area (Å²) in [5, 5.41) is 24.4. The molecular formula is C31H34N8O6S3. The van der Waals surface area contributed by atoms with Gasteiger partial charge in [0.1, 0.15) is 36.3 Å². The molecule has 3 aliphatic rings. The fourth-order valence-corrected chi connectivity index (χ4v) is 8.25. The number of hydrogen-bond donors (Lipinski definition) is 2. The Balaban J connectivity index is 0.889. The molecule has 48 heavy (non-hydrogen) atoms. The Bertz CT molecular complexity index is 1700. The van der Waals surface area contributed by atoms with Crippen LogP contribution in [0.3, 0.4) is 0 Å². The highest BCUT2D eigenvalue weighted by molar-refractivity contribution is 7.99. The molecule has 2 fully saturated rings. The third-order valence-corrected chi connectivity index (χ3v) is 10.9. The van der Waals surface area contributed by atoms with Crippen molar-refractivity contribution in [3.8, 4) is 0 Å². The van der Waals surface area contributed by atoms with Crippen molar-refractivity contribution in [1.82, 2.24) is 30.2 Å². The Morgan fingerprint density at radius 1 is 0.875 bits per heavy atom. The standard InChI is InChI=1S/C31H34N8O6S3/c1-31(12-6-3-7-13-31)22-19-45-30(43)39(22)17-24(41)33-28-37-35-26(48-28)11-15-46-14-10-25-34-36-27(47-25)32-23(40)16-38-21(18-44-29(38)42)20-8-4-2-5-9-20/h2-9,12,21-22H,10-11,13-19H2,1H3,(H,32,36,40)(H,33,37,41)/t21-,22-,31?/m0/s1. The fraction of sp³-hybridized carbons (Fsp3) is 0.419. The van der Waals surface area contributed by atoms with Gasteiger partial charge >= 0.3 is 12.2 Å². The molecule has 4 heterocycles. The van der Waals surface area contributed by atoms with E-state index < -0.39 is 12.2 Å². The van der Waals surface area contributed by atoms with E-state index in [4.69, 9.17) is 9.47 Å². The van der Waals surface area contributed by atoms with Crippen molar-refractivity contribution in [2.24, 2.45) is 5.41 Å². The Kier molecular flexibility index (Phi) is 10.7. The van der Waals surface area contributed by atoms with Crippen LogP contribution < -0.4 is 10.6 Å². The minimum absolute atomic E-state index is 0.125. The van der Waals surface area contributed by atoms with Crippen LogP contribution in [0.25, 0.3) is 0 Å². The third-order valence-electron chi connectivity index (χ3n) is 8.15. The number of cyclic esters (lactones) is 2. The van der Waals surface area contributed by atoms with Crippen LogP contribution >= 0.6 is 34.4 Å². The molecule has 252 valence electrons. The van der Waals surface area contributed by atoms with Gasteiger partial charge in [-0.3, -0.25) is 30.0 Å². The highest BCUT2D eigenvalue weighted by Gasteiger charge is 2.45. The number of nitrogens with zero attached hydrogens (tertiary/aromatic N) is 6. The summed E-state index contributed by atoms with van der Waals surface area (Å²) in [5.41, 5.74) is 0.601. The summed E-state index contributed by atoms with van der Waals surface area (Å²) in [6, 6.07) is 8.90. The van der Waals surface area contributed by atoms with Crippen LogP contribution in [0.5, 0.6) is 0 Å². The molecule has 1 aromatic carbocycles. The average Bonchev–Trinajstić information content (AvgIpc) is 3.87. The lowest BCUT2D eigenvalue weighted by Crippen LogP contribution is -2.47. The summed E-state index contributed by atoms with van der Waals surface area (Å²) in [7, 11) is 0. The highest BCUT2D eigenvalue weighted by atomic mass is 32.2. The SMILES string of the molecule is CC1([C@@H]2COC(=O)N2CC(=O)Nc2nnc(CCSCCc3nnc(NC(=O)CN4C(=O)OC[C@H]4c4ccccc4)s3)s2)C=CC=CC1. The Hall–Kier alpha value is -4.35. The third kappa shape index (κ3) is 8.19. The molecule has 6 rings (SSSR count). The fourth-order valence-electron chi connectivity index (χ4n) is 5.60. The van der Waals surface area contributed by atoms with E-state index >= 15 is 0 Å². The molecular weight excluding hydrogens is 677 g/mol. The molecule has 2 aliphatic heterocycles. The molecule has 4 amide bonds. The summed E-state index contributed by atoms with van der Waals surface area (Å²) < 4.78 is 10.5. The topological polar surface area (TPSA) is 169 Å². The molecule has 0 bridgehead atoms. The second kappa shape index (κ2) is 15.3. The molecule has 14 nitrogen and oxygen atoms in total. The predicted molar refractivity (Wildman–Crippen MR) is 182 cm³/mol. The number of carbonyl (C=O) groups excluding carboxylic acids is 4. The van der Waals surface area contributed by atoms with Crippen molar-refractivity contribution in [2.45, 2.75) is 38.3 Å². The summed E-state index contributed by atoms with van der Waals surface area (Å²) in [5.74, 6) is 0.866. The largest absolute Gasteiger partial charge is 0.447 e. The van der Waals surface area contributed by atoms with E-state index in [0.29, 0.717) is 23.1 Å². The van der Waals surface area contributed by atoms with Crippen LogP contribution in [0.4, 0.5) is 19.9 Å². The van der Waals surface area contributed by atoms with E-state index in [2.05, 4.69) is 50.1 Å². The van der Waals surface area contributed by atoms with Crippen molar-refractivity contribution in [1.29, 1.82) is 0 Å². The van der Waals surface area contributed by atoms with Gasteiger partial charge < -0.3 is 9.47 Å². The summed E-state index contributed by atoms with van der Waals surface area (Å²) >= 11 is 4.32. The first-order valence-corrected chi connectivity index (χ1v) is 18.1. The first-order chi connectivity index (χ1) is 23.3. The molecule has 17 heteroatoms. The zero-order chi connectivity index (χ0) is 33.5. The van der Waals surface area contributed by atoms with Gasteiger partial charge in [-0.25, -0.2) is 9.59 Å². The van der Waals surface area contributed by atoms with Gasteiger partial charge in [0.15, 0.2) is 0 Å². The second-order valence-corrected chi connectivity index (χ2v) is 14.9. The maximum atomic E-state index is 12.8. The molecule has 0 saturated carbocycles. The number of carbonyl (C=O) groups is 4. The summed E-state index contributed by atoms with van der Waals surface area (Å²) in [4.78, 5) is 53.0. The van der Waals surface area contributed by atoms with Gasteiger partial charge in [-0.15, -0.1) is 20.4 Å². The van der Waals surface area contributed by atoms with E-state index in [-0.39, 0.29) is 55.6 Å². The van der Waals surface area contributed by atoms with Crippen molar-refractivity contribution < 1.29 is 28.7 Å². The van der Waals surface area contributed by atoms with Crippen molar-refractivity contribution >= 4 is 68.7 Å². The van der Waals surface area contributed by atoms with Crippen molar-refractivity contribution in [3.63, 3.8) is 0 Å².